The van der Waals surface area contributed by atoms with Gasteiger partial charge < -0.3 is 0 Å². The van der Waals surface area contributed by atoms with Gasteiger partial charge in [0, 0.05) is 0 Å². The van der Waals surface area contributed by atoms with Gasteiger partial charge in [0.25, 0.3) is 0 Å². The SMILES string of the molecule is CC(C)c1ccccc1[C@H](N[S@](=O)C(C)(C)C)c1ccccc1. The Balaban J connectivity index is 2.49. The number of hydrogen-bond acceptors (Lipinski definition) is 1. The Hall–Kier alpha value is -1.45. The van der Waals surface area contributed by atoms with Crippen molar-refractivity contribution >= 4 is 11.0 Å². The summed E-state index contributed by atoms with van der Waals surface area (Å²) in [5.74, 6) is 0.419. The molecule has 0 fully saturated rings. The van der Waals surface area contributed by atoms with E-state index in [1.165, 1.54) is 11.1 Å². The molecule has 23 heavy (non-hydrogen) atoms. The topological polar surface area (TPSA) is 29.1 Å². The lowest BCUT2D eigenvalue weighted by Crippen LogP contribution is -2.36. The zero-order valence-electron chi connectivity index (χ0n) is 14.7. The molecule has 0 unspecified atom stereocenters. The molecule has 0 spiro atoms. The molecule has 2 aromatic carbocycles. The van der Waals surface area contributed by atoms with Gasteiger partial charge in [0.15, 0.2) is 0 Å². The van der Waals surface area contributed by atoms with Crippen molar-refractivity contribution in [3.8, 4) is 0 Å². The van der Waals surface area contributed by atoms with E-state index < -0.39 is 11.0 Å². The minimum Gasteiger partial charge on any atom is -0.242 e. The molecule has 0 saturated heterocycles. The molecule has 1 N–H and O–H groups in total. The predicted octanol–water partition coefficient (Wildman–Crippen LogP) is 4.95. The fraction of sp³-hybridized carbons (Fsp3) is 0.400. The highest BCUT2D eigenvalue weighted by Gasteiger charge is 2.26. The van der Waals surface area contributed by atoms with E-state index >= 15 is 0 Å². The van der Waals surface area contributed by atoms with Gasteiger partial charge in [-0.05, 0) is 43.4 Å². The summed E-state index contributed by atoms with van der Waals surface area (Å²) in [6, 6.07) is 18.6. The van der Waals surface area contributed by atoms with Gasteiger partial charge in [-0.2, -0.15) is 0 Å². The Morgan fingerprint density at radius 2 is 1.39 bits per heavy atom. The molecular formula is C20H27NOS. The van der Waals surface area contributed by atoms with Gasteiger partial charge >= 0.3 is 0 Å². The highest BCUT2D eigenvalue weighted by Crippen LogP contribution is 2.30. The Bertz CT molecular complexity index is 659. The second-order valence-corrected chi connectivity index (χ2v) is 9.12. The number of rotatable bonds is 5. The second kappa shape index (κ2) is 7.41. The van der Waals surface area contributed by atoms with Crippen LogP contribution in [0.15, 0.2) is 54.6 Å². The van der Waals surface area contributed by atoms with Gasteiger partial charge in [-0.1, -0.05) is 68.4 Å². The lowest BCUT2D eigenvalue weighted by molar-refractivity contribution is 0.621. The molecule has 0 heterocycles. The van der Waals surface area contributed by atoms with E-state index in [9.17, 15) is 4.21 Å². The van der Waals surface area contributed by atoms with Gasteiger partial charge in [-0.25, -0.2) is 8.93 Å². The minimum atomic E-state index is -1.14. The van der Waals surface area contributed by atoms with Gasteiger partial charge in [0.2, 0.25) is 0 Å². The summed E-state index contributed by atoms with van der Waals surface area (Å²) in [5, 5.41) is 0. The van der Waals surface area contributed by atoms with E-state index in [0.717, 1.165) is 5.56 Å². The largest absolute Gasteiger partial charge is 0.242 e. The van der Waals surface area contributed by atoms with Crippen LogP contribution in [-0.4, -0.2) is 8.96 Å². The molecule has 0 aliphatic carbocycles. The summed E-state index contributed by atoms with van der Waals surface area (Å²) in [4.78, 5) is 0. The van der Waals surface area contributed by atoms with E-state index in [2.05, 4.69) is 55.0 Å². The van der Waals surface area contributed by atoms with Gasteiger partial charge in [-0.3, -0.25) is 0 Å². The number of nitrogens with one attached hydrogen (secondary N) is 1. The molecule has 3 heteroatoms. The molecule has 0 aromatic heterocycles. The Labute approximate surface area is 142 Å². The molecule has 0 amide bonds. The maximum Gasteiger partial charge on any atom is 0.0979 e. The van der Waals surface area contributed by atoms with Gasteiger partial charge in [0.1, 0.15) is 0 Å². The average molecular weight is 330 g/mol. The summed E-state index contributed by atoms with van der Waals surface area (Å²) in [5.41, 5.74) is 3.63. The van der Waals surface area contributed by atoms with Crippen molar-refractivity contribution < 1.29 is 4.21 Å². The Morgan fingerprint density at radius 1 is 0.870 bits per heavy atom. The van der Waals surface area contributed by atoms with E-state index in [-0.39, 0.29) is 10.8 Å². The number of benzene rings is 2. The normalized spacial score (nSPS) is 14.7. The van der Waals surface area contributed by atoms with Crippen LogP contribution in [0.25, 0.3) is 0 Å². The van der Waals surface area contributed by atoms with Crippen LogP contribution in [0.5, 0.6) is 0 Å². The van der Waals surface area contributed by atoms with Crippen molar-refractivity contribution in [1.82, 2.24) is 4.72 Å². The maximum atomic E-state index is 12.7. The zero-order valence-corrected chi connectivity index (χ0v) is 15.5. The van der Waals surface area contributed by atoms with Crippen molar-refractivity contribution in [1.29, 1.82) is 0 Å². The van der Waals surface area contributed by atoms with Crippen molar-refractivity contribution in [2.45, 2.75) is 51.3 Å². The van der Waals surface area contributed by atoms with Crippen LogP contribution in [0.4, 0.5) is 0 Å². The first-order valence-corrected chi connectivity index (χ1v) is 9.27. The fourth-order valence-electron chi connectivity index (χ4n) is 2.54. The van der Waals surface area contributed by atoms with Crippen LogP contribution in [0, 0.1) is 0 Å². The minimum absolute atomic E-state index is 0.0742. The third-order valence-corrected chi connectivity index (χ3v) is 5.41. The van der Waals surface area contributed by atoms with E-state index in [1.54, 1.807) is 0 Å². The Kier molecular flexibility index (Phi) is 5.77. The van der Waals surface area contributed by atoms with Crippen LogP contribution in [-0.2, 0) is 11.0 Å². The van der Waals surface area contributed by atoms with Crippen molar-refractivity contribution in [3.63, 3.8) is 0 Å². The van der Waals surface area contributed by atoms with E-state index in [4.69, 9.17) is 0 Å². The standard InChI is InChI=1S/C20H27NOS/c1-15(2)17-13-9-10-14-18(17)19(16-11-7-6-8-12-16)21-23(22)20(3,4)5/h6-15,19,21H,1-5H3/t19-,23-/m1/s1. The van der Waals surface area contributed by atoms with Crippen LogP contribution >= 0.6 is 0 Å². The fourth-order valence-corrected chi connectivity index (χ4v) is 3.37. The molecule has 2 nitrogen and oxygen atoms in total. The summed E-state index contributed by atoms with van der Waals surface area (Å²) in [6.45, 7) is 10.4. The van der Waals surface area contributed by atoms with E-state index in [1.807, 2.05) is 39.0 Å². The summed E-state index contributed by atoms with van der Waals surface area (Å²) in [6.07, 6.45) is 0. The van der Waals surface area contributed by atoms with E-state index in [0.29, 0.717) is 5.92 Å². The third kappa shape index (κ3) is 4.52. The molecule has 0 aliphatic heterocycles. The summed E-state index contributed by atoms with van der Waals surface area (Å²) >= 11 is 0. The van der Waals surface area contributed by atoms with Crippen LogP contribution in [0.2, 0.25) is 0 Å². The molecule has 124 valence electrons. The summed E-state index contributed by atoms with van der Waals surface area (Å²) in [7, 11) is -1.14. The molecule has 2 atom stereocenters. The lowest BCUT2D eigenvalue weighted by Gasteiger charge is -2.27. The van der Waals surface area contributed by atoms with Gasteiger partial charge in [-0.15, -0.1) is 0 Å². The first-order chi connectivity index (χ1) is 10.8. The lowest BCUT2D eigenvalue weighted by atomic mass is 9.90. The first-order valence-electron chi connectivity index (χ1n) is 8.12. The molecule has 0 bridgehead atoms. The molecule has 0 saturated carbocycles. The first kappa shape index (κ1) is 17.9. The highest BCUT2D eigenvalue weighted by molar-refractivity contribution is 7.84. The predicted molar refractivity (Wildman–Crippen MR) is 99.8 cm³/mol. The number of hydrogen-bond donors (Lipinski definition) is 1. The van der Waals surface area contributed by atoms with Crippen molar-refractivity contribution in [2.75, 3.05) is 0 Å². The zero-order chi connectivity index (χ0) is 17.0. The quantitative estimate of drug-likeness (QED) is 0.826. The maximum absolute atomic E-state index is 12.7. The third-order valence-electron chi connectivity index (χ3n) is 3.84. The monoisotopic (exact) mass is 329 g/mol. The van der Waals surface area contributed by atoms with Gasteiger partial charge in [0.05, 0.1) is 21.8 Å². The average Bonchev–Trinajstić information content (AvgIpc) is 2.52. The molecule has 0 aliphatic rings. The van der Waals surface area contributed by atoms with Crippen LogP contribution in [0.3, 0.4) is 0 Å². The Morgan fingerprint density at radius 3 is 1.91 bits per heavy atom. The summed E-state index contributed by atoms with van der Waals surface area (Å²) < 4.78 is 15.8. The van der Waals surface area contributed by atoms with Crippen LogP contribution < -0.4 is 4.72 Å². The van der Waals surface area contributed by atoms with Crippen molar-refractivity contribution in [3.05, 3.63) is 71.3 Å². The molecule has 2 rings (SSSR count). The smallest absolute Gasteiger partial charge is 0.0979 e. The molecule has 0 radical (unpaired) electrons. The molecular weight excluding hydrogens is 302 g/mol. The van der Waals surface area contributed by atoms with Crippen LogP contribution in [0.1, 0.15) is 63.3 Å². The molecule has 2 aromatic rings. The van der Waals surface area contributed by atoms with Crippen molar-refractivity contribution in [2.24, 2.45) is 0 Å². The second-order valence-electron chi connectivity index (χ2n) is 7.13. The highest BCUT2D eigenvalue weighted by atomic mass is 32.2.